The van der Waals surface area contributed by atoms with Crippen molar-refractivity contribution < 1.29 is 19.5 Å². The fraction of sp³-hybridized carbons (Fsp3) is 0.441. The molecule has 3 aliphatic heterocycles. The molecule has 3 aromatic rings. The molecular weight excluding hydrogens is 546 g/mol. The second-order valence-corrected chi connectivity index (χ2v) is 14.0. The van der Waals surface area contributed by atoms with E-state index in [1.165, 1.54) is 0 Å². The second-order valence-electron chi connectivity index (χ2n) is 12.2. The Kier molecular flexibility index (Phi) is 8.03. The molecule has 3 aromatic carbocycles. The van der Waals surface area contributed by atoms with Crippen molar-refractivity contribution in [2.24, 2.45) is 11.8 Å². The molecule has 3 N–H and O–H groups in total. The first kappa shape index (κ1) is 28.7. The predicted molar refractivity (Wildman–Crippen MR) is 167 cm³/mol. The Labute approximate surface area is 251 Å². The molecule has 0 aliphatic carbocycles. The lowest BCUT2D eigenvalue weighted by atomic mass is 9.66. The minimum absolute atomic E-state index is 0.0772. The van der Waals surface area contributed by atoms with E-state index in [-0.39, 0.29) is 24.3 Å². The van der Waals surface area contributed by atoms with E-state index in [4.69, 9.17) is 0 Å². The van der Waals surface area contributed by atoms with Crippen LogP contribution >= 0.6 is 11.8 Å². The van der Waals surface area contributed by atoms with E-state index in [0.29, 0.717) is 18.8 Å². The Balaban J connectivity index is 1.28. The summed E-state index contributed by atoms with van der Waals surface area (Å²) >= 11 is 1.70. The zero-order valence-corrected chi connectivity index (χ0v) is 24.9. The molecule has 1 spiro atoms. The summed E-state index contributed by atoms with van der Waals surface area (Å²) in [4.78, 5) is 44.1. The summed E-state index contributed by atoms with van der Waals surface area (Å²) in [6, 6.07) is 23.0. The number of nitrogens with zero attached hydrogens (tertiary/aromatic N) is 1. The number of aliphatic hydroxyl groups is 1. The van der Waals surface area contributed by atoms with Crippen molar-refractivity contribution in [2.45, 2.75) is 67.5 Å². The van der Waals surface area contributed by atoms with Crippen molar-refractivity contribution in [3.05, 3.63) is 78.4 Å². The normalized spacial score (nSPS) is 27.8. The SMILES string of the molecule is C[C@@]12CCC3(S1)C(C(=O)Nc1ccc4ccccc4c1)N(CCCCCCO)C(=O)[C@@H]3[C@@H]2C(=O)NCc1ccccc1. The number of benzene rings is 3. The molecule has 3 fully saturated rings. The summed E-state index contributed by atoms with van der Waals surface area (Å²) in [5.74, 6) is -1.40. The van der Waals surface area contributed by atoms with Gasteiger partial charge < -0.3 is 20.6 Å². The molecule has 3 heterocycles. The third kappa shape index (κ3) is 5.09. The molecule has 2 unspecified atom stereocenters. The molecule has 7 nitrogen and oxygen atoms in total. The van der Waals surface area contributed by atoms with E-state index in [2.05, 4.69) is 17.6 Å². The van der Waals surface area contributed by atoms with Gasteiger partial charge in [0.1, 0.15) is 6.04 Å². The zero-order chi connectivity index (χ0) is 29.3. The largest absolute Gasteiger partial charge is 0.396 e. The van der Waals surface area contributed by atoms with Gasteiger partial charge in [-0.3, -0.25) is 14.4 Å². The molecule has 5 atom stereocenters. The number of anilines is 1. The topological polar surface area (TPSA) is 98.7 Å². The number of aliphatic hydroxyl groups excluding tert-OH is 1. The van der Waals surface area contributed by atoms with Crippen LogP contribution in [0.2, 0.25) is 0 Å². The Hall–Kier alpha value is -3.36. The lowest BCUT2D eigenvalue weighted by Crippen LogP contribution is -2.52. The molecule has 0 saturated carbocycles. The number of unbranched alkanes of at least 4 members (excludes halogenated alkanes) is 3. The standard InChI is InChI=1S/C34H39N3O4S/c1-33-17-18-34(42-33)28(27(33)30(39)35-22-23-11-5-4-6-12-23)32(41)37(19-9-2-3-10-20-38)29(34)31(40)36-26-16-15-24-13-7-8-14-25(24)21-26/h4-8,11-16,21,27-29,38H,2-3,9-10,17-20,22H2,1H3,(H,35,39)(H,36,40)/t27-,28+,29?,33+,34?/m1/s1. The number of likely N-dealkylation sites (tertiary alicyclic amines) is 1. The van der Waals surface area contributed by atoms with Gasteiger partial charge in [-0.05, 0) is 61.1 Å². The number of thioether (sulfide) groups is 1. The van der Waals surface area contributed by atoms with Gasteiger partial charge in [-0.2, -0.15) is 0 Å². The highest BCUT2D eigenvalue weighted by Crippen LogP contribution is 2.71. The fourth-order valence-electron chi connectivity index (χ4n) is 7.49. The second kappa shape index (κ2) is 11.7. The average molecular weight is 586 g/mol. The van der Waals surface area contributed by atoms with Crippen LogP contribution in [0.1, 0.15) is 51.0 Å². The summed E-state index contributed by atoms with van der Waals surface area (Å²) in [6.07, 6.45) is 4.73. The monoisotopic (exact) mass is 585 g/mol. The predicted octanol–water partition coefficient (Wildman–Crippen LogP) is 5.13. The number of rotatable bonds is 11. The van der Waals surface area contributed by atoms with Crippen LogP contribution in [0.15, 0.2) is 72.8 Å². The highest BCUT2D eigenvalue weighted by molar-refractivity contribution is 8.02. The van der Waals surface area contributed by atoms with Crippen molar-refractivity contribution >= 4 is 45.9 Å². The molecule has 8 heteroatoms. The van der Waals surface area contributed by atoms with Crippen LogP contribution in [0, 0.1) is 11.8 Å². The van der Waals surface area contributed by atoms with Crippen molar-refractivity contribution in [1.29, 1.82) is 0 Å². The first-order chi connectivity index (χ1) is 20.4. The average Bonchev–Trinajstić information content (AvgIpc) is 3.56. The quantitative estimate of drug-likeness (QED) is 0.271. The van der Waals surface area contributed by atoms with Gasteiger partial charge in [0.05, 0.1) is 16.6 Å². The van der Waals surface area contributed by atoms with Gasteiger partial charge in [0.15, 0.2) is 0 Å². The maximum Gasteiger partial charge on any atom is 0.248 e. The van der Waals surface area contributed by atoms with Gasteiger partial charge in [0.2, 0.25) is 17.7 Å². The zero-order valence-electron chi connectivity index (χ0n) is 24.1. The van der Waals surface area contributed by atoms with Gasteiger partial charge in [0, 0.05) is 30.1 Å². The minimum atomic E-state index is -0.655. The number of carbonyl (C=O) groups excluding carboxylic acids is 3. The number of amides is 3. The minimum Gasteiger partial charge on any atom is -0.396 e. The van der Waals surface area contributed by atoms with Crippen molar-refractivity contribution in [1.82, 2.24) is 10.2 Å². The van der Waals surface area contributed by atoms with E-state index in [0.717, 1.165) is 54.9 Å². The van der Waals surface area contributed by atoms with Crippen LogP contribution in [-0.2, 0) is 20.9 Å². The molecule has 3 amide bonds. The Morgan fingerprint density at radius 3 is 2.45 bits per heavy atom. The van der Waals surface area contributed by atoms with Crippen molar-refractivity contribution in [2.75, 3.05) is 18.5 Å². The number of hydrogen-bond donors (Lipinski definition) is 3. The van der Waals surface area contributed by atoms with Crippen LogP contribution in [0.4, 0.5) is 5.69 Å². The third-order valence-electron chi connectivity index (χ3n) is 9.44. The highest BCUT2D eigenvalue weighted by Gasteiger charge is 2.77. The smallest absolute Gasteiger partial charge is 0.248 e. The molecule has 3 saturated heterocycles. The summed E-state index contributed by atoms with van der Waals surface area (Å²) in [6.45, 7) is 3.13. The number of carbonyl (C=O) groups is 3. The molecule has 3 aliphatic rings. The summed E-state index contributed by atoms with van der Waals surface area (Å²) in [5.41, 5.74) is 1.71. The van der Waals surface area contributed by atoms with Gasteiger partial charge in [-0.15, -0.1) is 11.8 Å². The van der Waals surface area contributed by atoms with Gasteiger partial charge in [-0.25, -0.2) is 0 Å². The van der Waals surface area contributed by atoms with Gasteiger partial charge in [-0.1, -0.05) is 73.5 Å². The maximum absolute atomic E-state index is 14.3. The van der Waals surface area contributed by atoms with Crippen LogP contribution in [0.25, 0.3) is 10.8 Å². The highest BCUT2D eigenvalue weighted by atomic mass is 32.2. The van der Waals surface area contributed by atoms with E-state index >= 15 is 0 Å². The first-order valence-electron chi connectivity index (χ1n) is 15.1. The lowest BCUT2D eigenvalue weighted by molar-refractivity contribution is -0.140. The fourth-order valence-corrected chi connectivity index (χ4v) is 9.84. The van der Waals surface area contributed by atoms with E-state index in [9.17, 15) is 19.5 Å². The molecule has 0 aromatic heterocycles. The van der Waals surface area contributed by atoms with E-state index < -0.39 is 27.4 Å². The summed E-state index contributed by atoms with van der Waals surface area (Å²) < 4.78 is -1.05. The number of nitrogens with one attached hydrogen (secondary N) is 2. The molecule has 42 heavy (non-hydrogen) atoms. The Morgan fingerprint density at radius 2 is 1.67 bits per heavy atom. The number of fused-ring (bicyclic) bond motifs is 2. The molecule has 2 bridgehead atoms. The van der Waals surface area contributed by atoms with Gasteiger partial charge in [0.25, 0.3) is 0 Å². The third-order valence-corrected chi connectivity index (χ3v) is 11.4. The van der Waals surface area contributed by atoms with E-state index in [1.807, 2.05) is 72.8 Å². The van der Waals surface area contributed by atoms with Crippen LogP contribution in [0.3, 0.4) is 0 Å². The molecule has 0 radical (unpaired) electrons. The summed E-state index contributed by atoms with van der Waals surface area (Å²) in [7, 11) is 0. The van der Waals surface area contributed by atoms with Crippen molar-refractivity contribution in [3.8, 4) is 0 Å². The number of hydrogen-bond acceptors (Lipinski definition) is 5. The van der Waals surface area contributed by atoms with Crippen molar-refractivity contribution in [3.63, 3.8) is 0 Å². The maximum atomic E-state index is 14.3. The van der Waals surface area contributed by atoms with Gasteiger partial charge >= 0.3 is 0 Å². The lowest BCUT2D eigenvalue weighted by Gasteiger charge is -2.35. The molecule has 6 rings (SSSR count). The Morgan fingerprint density at radius 1 is 0.929 bits per heavy atom. The first-order valence-corrected chi connectivity index (χ1v) is 15.9. The van der Waals surface area contributed by atoms with Crippen LogP contribution < -0.4 is 10.6 Å². The summed E-state index contributed by atoms with van der Waals surface area (Å²) in [5, 5.41) is 17.6. The van der Waals surface area contributed by atoms with Crippen LogP contribution in [0.5, 0.6) is 0 Å². The molecule has 220 valence electrons. The molecular formula is C34H39N3O4S. The van der Waals surface area contributed by atoms with Crippen LogP contribution in [-0.4, -0.2) is 56.4 Å². The Bertz CT molecular complexity index is 1480. The van der Waals surface area contributed by atoms with E-state index in [1.54, 1.807) is 16.7 Å².